The van der Waals surface area contributed by atoms with Gasteiger partial charge in [0.15, 0.2) is 11.6 Å². The lowest BCUT2D eigenvalue weighted by Gasteiger charge is -2.12. The maximum Gasteiger partial charge on any atom is 0.522 e. The normalized spacial score (nSPS) is 12.5. The molecule has 0 aliphatic carbocycles. The Labute approximate surface area is 114 Å². The molecule has 0 spiro atoms. The number of ether oxygens (including phenoxy) is 2. The van der Waals surface area contributed by atoms with Crippen molar-refractivity contribution in [2.75, 3.05) is 13.2 Å². The van der Waals surface area contributed by atoms with Gasteiger partial charge in [0.1, 0.15) is 17.3 Å². The van der Waals surface area contributed by atoms with Gasteiger partial charge in [0.2, 0.25) is 0 Å². The molecule has 0 saturated heterocycles. The second-order valence-electron chi connectivity index (χ2n) is 3.30. The van der Waals surface area contributed by atoms with Crippen LogP contribution in [0.3, 0.4) is 0 Å². The van der Waals surface area contributed by atoms with Crippen LogP contribution in [0.1, 0.15) is 0 Å². The molecule has 0 N–H and O–H groups in total. The third-order valence-electron chi connectivity index (χ3n) is 1.83. The van der Waals surface area contributed by atoms with Gasteiger partial charge in [-0.25, -0.2) is 17.2 Å². The van der Waals surface area contributed by atoms with E-state index in [4.69, 9.17) is 10.7 Å². The van der Waals surface area contributed by atoms with Crippen molar-refractivity contribution in [2.24, 2.45) is 0 Å². The summed E-state index contributed by atoms with van der Waals surface area (Å²) in [5.41, 5.74) is 0. The van der Waals surface area contributed by atoms with E-state index < -0.39 is 50.9 Å². The summed E-state index contributed by atoms with van der Waals surface area (Å²) < 4.78 is 91.3. The summed E-state index contributed by atoms with van der Waals surface area (Å²) in [6.45, 7) is -1.83. The van der Waals surface area contributed by atoms with Gasteiger partial charge in [-0.3, -0.25) is 4.74 Å². The zero-order valence-electron chi connectivity index (χ0n) is 9.38. The highest BCUT2D eigenvalue weighted by molar-refractivity contribution is 8.13. The van der Waals surface area contributed by atoms with Crippen LogP contribution >= 0.6 is 10.7 Å². The predicted molar refractivity (Wildman–Crippen MR) is 56.9 cm³/mol. The van der Waals surface area contributed by atoms with Crippen molar-refractivity contribution in [2.45, 2.75) is 11.3 Å². The van der Waals surface area contributed by atoms with Gasteiger partial charge in [0.05, 0.1) is 6.61 Å². The van der Waals surface area contributed by atoms with E-state index in [0.717, 1.165) is 0 Å². The number of hydrogen-bond donors (Lipinski definition) is 0. The number of hydrogen-bond acceptors (Lipinski definition) is 4. The summed E-state index contributed by atoms with van der Waals surface area (Å²) in [5, 5.41) is 0. The molecule has 0 aliphatic heterocycles. The van der Waals surface area contributed by atoms with Crippen molar-refractivity contribution in [1.29, 1.82) is 0 Å². The zero-order valence-corrected chi connectivity index (χ0v) is 11.0. The Morgan fingerprint density at radius 3 is 2.25 bits per heavy atom. The Balaban J connectivity index is 2.90. The predicted octanol–water partition coefficient (Wildman–Crippen LogP) is 2.81. The monoisotopic (exact) mass is 340 g/mol. The quantitative estimate of drug-likeness (QED) is 0.470. The molecule has 0 unspecified atom stereocenters. The second-order valence-corrected chi connectivity index (χ2v) is 5.83. The van der Waals surface area contributed by atoms with E-state index in [2.05, 4.69) is 9.47 Å². The van der Waals surface area contributed by atoms with Crippen molar-refractivity contribution >= 4 is 19.7 Å². The van der Waals surface area contributed by atoms with E-state index in [1.54, 1.807) is 0 Å². The first-order valence-electron chi connectivity index (χ1n) is 4.78. The van der Waals surface area contributed by atoms with Crippen molar-refractivity contribution < 1.29 is 39.8 Å². The minimum absolute atomic E-state index is 0.297. The highest BCUT2D eigenvalue weighted by Crippen LogP contribution is 2.31. The van der Waals surface area contributed by atoms with Crippen molar-refractivity contribution in [3.8, 4) is 5.75 Å². The molecule has 4 nitrogen and oxygen atoms in total. The van der Waals surface area contributed by atoms with Gasteiger partial charge >= 0.3 is 6.36 Å². The molecule has 114 valence electrons. The molecular formula is C9H6ClF5O4S. The fourth-order valence-corrected chi connectivity index (χ4v) is 2.13. The Morgan fingerprint density at radius 1 is 1.15 bits per heavy atom. The van der Waals surface area contributed by atoms with Gasteiger partial charge in [-0.05, 0) is 6.07 Å². The van der Waals surface area contributed by atoms with E-state index in [-0.39, 0.29) is 0 Å². The number of alkyl halides is 3. The molecule has 0 atom stereocenters. The lowest BCUT2D eigenvalue weighted by atomic mass is 10.3. The maximum absolute atomic E-state index is 13.4. The fourth-order valence-electron chi connectivity index (χ4n) is 1.16. The highest BCUT2D eigenvalue weighted by atomic mass is 35.7. The molecule has 1 rings (SSSR count). The number of benzene rings is 1. The lowest BCUT2D eigenvalue weighted by Crippen LogP contribution is -2.18. The summed E-state index contributed by atoms with van der Waals surface area (Å²) in [6.07, 6.45) is -4.91. The van der Waals surface area contributed by atoms with Crippen LogP contribution in [0.2, 0.25) is 0 Å². The molecule has 0 aromatic heterocycles. The SMILES string of the molecule is O=S(=O)(Cl)c1cc(F)cc(F)c1OCCOC(F)(F)F. The zero-order chi connectivity index (χ0) is 15.6. The third-order valence-corrected chi connectivity index (χ3v) is 3.16. The molecule has 0 radical (unpaired) electrons. The molecule has 11 heteroatoms. The van der Waals surface area contributed by atoms with Gasteiger partial charge in [-0.2, -0.15) is 0 Å². The largest absolute Gasteiger partial charge is 0.522 e. The average Bonchev–Trinajstić information content (AvgIpc) is 2.23. The van der Waals surface area contributed by atoms with Crippen LogP contribution in [0.4, 0.5) is 22.0 Å². The maximum atomic E-state index is 13.4. The summed E-state index contributed by atoms with van der Waals surface area (Å²) in [5.74, 6) is -3.64. The number of rotatable bonds is 5. The van der Waals surface area contributed by atoms with Crippen LogP contribution in [-0.4, -0.2) is 28.0 Å². The van der Waals surface area contributed by atoms with E-state index in [9.17, 15) is 30.4 Å². The summed E-state index contributed by atoms with van der Waals surface area (Å²) in [6, 6.07) is 0.677. The molecule has 0 heterocycles. The topological polar surface area (TPSA) is 52.6 Å². The first-order valence-corrected chi connectivity index (χ1v) is 7.09. The van der Waals surface area contributed by atoms with Crippen LogP contribution in [0, 0.1) is 11.6 Å². The molecule has 0 amide bonds. The fraction of sp³-hybridized carbons (Fsp3) is 0.333. The van der Waals surface area contributed by atoms with Crippen LogP contribution in [0.25, 0.3) is 0 Å². The van der Waals surface area contributed by atoms with E-state index >= 15 is 0 Å². The van der Waals surface area contributed by atoms with E-state index in [1.165, 1.54) is 0 Å². The molecule has 0 fully saturated rings. The van der Waals surface area contributed by atoms with Gasteiger partial charge in [-0.1, -0.05) is 0 Å². The average molecular weight is 341 g/mol. The first-order chi connectivity index (χ1) is 9.00. The van der Waals surface area contributed by atoms with Gasteiger partial charge in [-0.15, -0.1) is 13.2 Å². The Bertz CT molecular complexity index is 587. The highest BCUT2D eigenvalue weighted by Gasteiger charge is 2.29. The summed E-state index contributed by atoms with van der Waals surface area (Å²) in [4.78, 5) is -1.02. The molecular weight excluding hydrogens is 335 g/mol. The van der Waals surface area contributed by atoms with Crippen molar-refractivity contribution in [1.82, 2.24) is 0 Å². The van der Waals surface area contributed by atoms with Gasteiger partial charge in [0, 0.05) is 16.7 Å². The van der Waals surface area contributed by atoms with Gasteiger partial charge < -0.3 is 4.74 Å². The Morgan fingerprint density at radius 2 is 1.75 bits per heavy atom. The second kappa shape index (κ2) is 6.10. The van der Waals surface area contributed by atoms with Crippen LogP contribution in [0.15, 0.2) is 17.0 Å². The minimum atomic E-state index is -4.91. The Kier molecular flexibility index (Phi) is 5.16. The van der Waals surface area contributed by atoms with Crippen LogP contribution in [0.5, 0.6) is 5.75 Å². The van der Waals surface area contributed by atoms with Gasteiger partial charge in [0.25, 0.3) is 9.05 Å². The van der Waals surface area contributed by atoms with E-state index in [0.29, 0.717) is 12.1 Å². The van der Waals surface area contributed by atoms with Crippen molar-refractivity contribution in [3.63, 3.8) is 0 Å². The van der Waals surface area contributed by atoms with Crippen LogP contribution in [-0.2, 0) is 13.8 Å². The third kappa shape index (κ3) is 5.10. The molecule has 0 aliphatic rings. The summed E-state index contributed by atoms with van der Waals surface area (Å²) in [7, 11) is 0.401. The molecule has 1 aromatic carbocycles. The standard InChI is InChI=1S/C9H6ClF5O4S/c10-20(16,17)7-4-5(11)3-6(12)8(7)18-1-2-19-9(13,14)15/h3-4H,1-2H2. The molecule has 0 bridgehead atoms. The molecule has 1 aromatic rings. The first kappa shape index (κ1) is 16.9. The van der Waals surface area contributed by atoms with E-state index in [1.807, 2.05) is 0 Å². The minimum Gasteiger partial charge on any atom is -0.487 e. The summed E-state index contributed by atoms with van der Waals surface area (Å²) >= 11 is 0. The smallest absolute Gasteiger partial charge is 0.487 e. The molecule has 0 saturated carbocycles. The Hall–Kier alpha value is -1.13. The van der Waals surface area contributed by atoms with Crippen LogP contribution < -0.4 is 4.74 Å². The number of halogens is 6. The van der Waals surface area contributed by atoms with Crippen molar-refractivity contribution in [3.05, 3.63) is 23.8 Å². The lowest BCUT2D eigenvalue weighted by molar-refractivity contribution is -0.325. The molecule has 20 heavy (non-hydrogen) atoms.